The maximum Gasteiger partial charge on any atom is 0.238 e. The Morgan fingerprint density at radius 2 is 1.61 bits per heavy atom. The number of hydrogen-bond donors (Lipinski definition) is 0. The van der Waals surface area contributed by atoms with E-state index in [0.717, 1.165) is 6.42 Å². The van der Waals surface area contributed by atoms with E-state index in [1.54, 1.807) is 55.6 Å². The minimum atomic E-state index is -0.223. The summed E-state index contributed by atoms with van der Waals surface area (Å²) in [6.07, 6.45) is 3.08. The zero-order chi connectivity index (χ0) is 21.7. The van der Waals surface area contributed by atoms with E-state index < -0.39 is 0 Å². The summed E-state index contributed by atoms with van der Waals surface area (Å²) in [5, 5.41) is 0. The fraction of sp³-hybridized carbons (Fsp3) is 0.320. The summed E-state index contributed by atoms with van der Waals surface area (Å²) < 4.78 is 10.7. The van der Waals surface area contributed by atoms with Crippen LogP contribution < -0.4 is 14.4 Å². The van der Waals surface area contributed by atoms with E-state index in [-0.39, 0.29) is 47.9 Å². The Morgan fingerprint density at radius 3 is 2.29 bits per heavy atom. The van der Waals surface area contributed by atoms with Crippen molar-refractivity contribution in [3.8, 4) is 11.5 Å². The van der Waals surface area contributed by atoms with Crippen molar-refractivity contribution < 1.29 is 23.9 Å². The highest BCUT2D eigenvalue weighted by Gasteiger charge is 2.60. The number of carbonyl (C=O) groups excluding carboxylic acids is 3. The molecule has 2 amide bonds. The van der Waals surface area contributed by atoms with Gasteiger partial charge < -0.3 is 9.47 Å². The van der Waals surface area contributed by atoms with Gasteiger partial charge in [-0.25, -0.2) is 0 Å². The molecule has 6 heteroatoms. The predicted octanol–water partition coefficient (Wildman–Crippen LogP) is 3.66. The molecular formula is C25H23NO5. The monoisotopic (exact) mass is 417 g/mol. The Bertz CT molecular complexity index is 1090. The van der Waals surface area contributed by atoms with Crippen LogP contribution >= 0.6 is 0 Å². The largest absolute Gasteiger partial charge is 0.497 e. The summed E-state index contributed by atoms with van der Waals surface area (Å²) in [6, 6.07) is 13.6. The third kappa shape index (κ3) is 3.14. The second kappa shape index (κ2) is 7.38. The number of imide groups is 1. The average Bonchev–Trinajstić information content (AvgIpc) is 3.43. The Kier molecular flexibility index (Phi) is 4.65. The zero-order valence-corrected chi connectivity index (χ0v) is 17.4. The number of carbonyl (C=O) groups is 3. The van der Waals surface area contributed by atoms with Gasteiger partial charge in [0.05, 0.1) is 24.6 Å². The molecule has 2 aromatic carbocycles. The van der Waals surface area contributed by atoms with E-state index in [9.17, 15) is 14.4 Å². The minimum Gasteiger partial charge on any atom is -0.497 e. The van der Waals surface area contributed by atoms with E-state index in [1.165, 1.54) is 10.5 Å². The first-order valence-corrected chi connectivity index (χ1v) is 10.4. The molecule has 1 saturated heterocycles. The van der Waals surface area contributed by atoms with Gasteiger partial charge in [0.25, 0.3) is 0 Å². The number of ketones is 1. The van der Waals surface area contributed by atoms with Gasteiger partial charge in [-0.2, -0.15) is 0 Å². The third-order valence-electron chi connectivity index (χ3n) is 6.76. The van der Waals surface area contributed by atoms with Crippen molar-refractivity contribution >= 4 is 23.3 Å². The second-order valence-corrected chi connectivity index (χ2v) is 8.41. The van der Waals surface area contributed by atoms with Gasteiger partial charge in [-0.3, -0.25) is 19.3 Å². The van der Waals surface area contributed by atoms with E-state index in [0.29, 0.717) is 22.7 Å². The number of fused-ring (bicyclic) bond motifs is 5. The first-order chi connectivity index (χ1) is 15.0. The highest BCUT2D eigenvalue weighted by atomic mass is 16.5. The molecule has 5 rings (SSSR count). The van der Waals surface area contributed by atoms with E-state index in [1.807, 2.05) is 0 Å². The lowest BCUT2D eigenvalue weighted by molar-refractivity contribution is -0.123. The van der Waals surface area contributed by atoms with Crippen LogP contribution in [0.5, 0.6) is 11.5 Å². The lowest BCUT2D eigenvalue weighted by Gasteiger charge is -2.19. The van der Waals surface area contributed by atoms with Crippen molar-refractivity contribution in [3.05, 3.63) is 65.7 Å². The number of rotatable bonds is 6. The summed E-state index contributed by atoms with van der Waals surface area (Å²) >= 11 is 0. The van der Waals surface area contributed by atoms with Crippen LogP contribution in [-0.4, -0.2) is 31.3 Å². The van der Waals surface area contributed by atoms with Gasteiger partial charge in [-0.05, 0) is 73.7 Å². The molecule has 3 aliphatic rings. The molecule has 0 aromatic heterocycles. The first-order valence-electron chi connectivity index (χ1n) is 10.4. The number of methoxy groups -OCH3 is 1. The summed E-state index contributed by atoms with van der Waals surface area (Å²) in [4.78, 5) is 39.7. The topological polar surface area (TPSA) is 72.9 Å². The lowest BCUT2D eigenvalue weighted by Crippen LogP contribution is -2.32. The third-order valence-corrected chi connectivity index (χ3v) is 6.76. The Balaban J connectivity index is 1.25. The number of nitrogens with zero attached hydrogens (tertiary/aromatic N) is 1. The van der Waals surface area contributed by atoms with E-state index in [2.05, 4.69) is 13.0 Å². The number of benzene rings is 2. The van der Waals surface area contributed by atoms with Crippen LogP contribution in [0.15, 0.2) is 60.2 Å². The number of ether oxygens (including phenoxy) is 2. The van der Waals surface area contributed by atoms with Crippen molar-refractivity contribution in [3.63, 3.8) is 0 Å². The average molecular weight is 417 g/mol. The molecule has 2 aromatic rings. The normalized spacial score (nSPS) is 26.1. The maximum atomic E-state index is 13.0. The molecule has 0 unspecified atom stereocenters. The molecule has 2 fully saturated rings. The first kappa shape index (κ1) is 19.5. The Hall–Kier alpha value is -3.41. The Labute approximate surface area is 180 Å². The standard InChI is InChI=1S/C25H23NO5/c1-14-11-16-12-20(14)23-22(16)24(28)26(25(23)29)17-5-9-19(10-6-17)31-13-21(27)15-3-7-18(30-2)8-4-15/h3-11,16,20,22-23H,12-13H2,1-2H3/t16-,20+,22-,23-/m0/s1. The number of allylic oxidation sites excluding steroid dienone is 2. The van der Waals surface area contributed by atoms with Gasteiger partial charge in [-0.1, -0.05) is 11.6 Å². The predicted molar refractivity (Wildman–Crippen MR) is 114 cm³/mol. The molecule has 1 saturated carbocycles. The molecule has 1 aliphatic heterocycles. The number of hydrogen-bond acceptors (Lipinski definition) is 5. The van der Waals surface area contributed by atoms with Crippen LogP contribution in [0.1, 0.15) is 23.7 Å². The fourth-order valence-electron chi connectivity index (χ4n) is 5.23. The summed E-state index contributed by atoms with van der Waals surface area (Å²) in [7, 11) is 1.57. The van der Waals surface area contributed by atoms with Crippen LogP contribution in [0.4, 0.5) is 5.69 Å². The van der Waals surface area contributed by atoms with Gasteiger partial charge >= 0.3 is 0 Å². The van der Waals surface area contributed by atoms with Crippen LogP contribution in [0.3, 0.4) is 0 Å². The van der Waals surface area contributed by atoms with E-state index in [4.69, 9.17) is 9.47 Å². The molecule has 4 atom stereocenters. The van der Waals surface area contributed by atoms with Gasteiger partial charge in [0, 0.05) is 5.56 Å². The molecule has 2 bridgehead atoms. The minimum absolute atomic E-state index is 0.0988. The molecule has 0 spiro atoms. The van der Waals surface area contributed by atoms with Gasteiger partial charge in [0.2, 0.25) is 11.8 Å². The van der Waals surface area contributed by atoms with Crippen LogP contribution in [0, 0.1) is 23.7 Å². The van der Waals surface area contributed by atoms with Crippen LogP contribution in [-0.2, 0) is 9.59 Å². The number of Topliss-reactive ketones (excluding diaryl/α,β-unsaturated/α-hetero) is 1. The highest BCUT2D eigenvalue weighted by Crippen LogP contribution is 2.55. The molecule has 1 heterocycles. The Morgan fingerprint density at radius 1 is 0.968 bits per heavy atom. The molecule has 0 radical (unpaired) electrons. The van der Waals surface area contributed by atoms with Crippen molar-refractivity contribution in [2.24, 2.45) is 23.7 Å². The van der Waals surface area contributed by atoms with Gasteiger partial charge in [-0.15, -0.1) is 0 Å². The summed E-state index contributed by atoms with van der Waals surface area (Å²) in [5.41, 5.74) is 2.32. The van der Waals surface area contributed by atoms with Crippen molar-refractivity contribution in [1.82, 2.24) is 0 Å². The molecule has 0 N–H and O–H groups in total. The molecule has 2 aliphatic carbocycles. The van der Waals surface area contributed by atoms with Gasteiger partial charge in [0.1, 0.15) is 11.5 Å². The molecule has 31 heavy (non-hydrogen) atoms. The quantitative estimate of drug-likeness (QED) is 0.407. The second-order valence-electron chi connectivity index (χ2n) is 8.41. The maximum absolute atomic E-state index is 13.0. The van der Waals surface area contributed by atoms with Crippen molar-refractivity contribution in [2.45, 2.75) is 13.3 Å². The van der Waals surface area contributed by atoms with Crippen molar-refractivity contribution in [2.75, 3.05) is 18.6 Å². The van der Waals surface area contributed by atoms with E-state index >= 15 is 0 Å². The van der Waals surface area contributed by atoms with Crippen molar-refractivity contribution in [1.29, 1.82) is 0 Å². The smallest absolute Gasteiger partial charge is 0.238 e. The van der Waals surface area contributed by atoms with Crippen LogP contribution in [0.2, 0.25) is 0 Å². The molecular weight excluding hydrogens is 394 g/mol. The SMILES string of the molecule is COc1ccc(C(=O)COc2ccc(N3C(=O)[C@@H]4[C@@H](C3=O)[C@H]3C=C(C)[C@H]4C3)cc2)cc1. The molecule has 158 valence electrons. The van der Waals surface area contributed by atoms with Gasteiger partial charge in [0.15, 0.2) is 12.4 Å². The number of anilines is 1. The zero-order valence-electron chi connectivity index (χ0n) is 17.4. The molecule has 6 nitrogen and oxygen atoms in total. The number of amides is 2. The summed E-state index contributed by atoms with van der Waals surface area (Å²) in [5.74, 6) is 0.770. The fourth-order valence-corrected chi connectivity index (χ4v) is 5.23. The van der Waals surface area contributed by atoms with Crippen LogP contribution in [0.25, 0.3) is 0 Å². The highest BCUT2D eigenvalue weighted by molar-refractivity contribution is 6.22. The lowest BCUT2D eigenvalue weighted by atomic mass is 9.82. The summed E-state index contributed by atoms with van der Waals surface area (Å²) in [6.45, 7) is 1.95.